The van der Waals surface area contributed by atoms with Crippen molar-refractivity contribution in [1.29, 1.82) is 0 Å². The predicted octanol–water partition coefficient (Wildman–Crippen LogP) is 5.63. The van der Waals surface area contributed by atoms with Gasteiger partial charge in [-0.05, 0) is 73.0 Å². The minimum Gasteiger partial charge on any atom is -0.326 e. The third-order valence-electron chi connectivity index (χ3n) is 6.09. The molecule has 0 unspecified atom stereocenters. The number of halogens is 3. The van der Waals surface area contributed by atoms with E-state index in [0.29, 0.717) is 34.1 Å². The first kappa shape index (κ1) is 28.7. The Bertz CT molecular complexity index is 1520. The summed E-state index contributed by atoms with van der Waals surface area (Å²) in [6.45, 7) is 0.480. The number of carbonyl (C=O) groups is 1. The minimum atomic E-state index is -3.92. The summed E-state index contributed by atoms with van der Waals surface area (Å²) >= 11 is 17.8. The summed E-state index contributed by atoms with van der Waals surface area (Å²) in [7, 11) is -7.44. The van der Waals surface area contributed by atoms with E-state index in [0.717, 1.165) is 0 Å². The van der Waals surface area contributed by atoms with Gasteiger partial charge in [0.2, 0.25) is 15.9 Å². The van der Waals surface area contributed by atoms with Crippen molar-refractivity contribution in [2.75, 3.05) is 23.1 Å². The molecule has 0 spiro atoms. The van der Waals surface area contributed by atoms with Crippen molar-refractivity contribution < 1.29 is 21.6 Å². The quantitative estimate of drug-likeness (QED) is 0.341. The fourth-order valence-corrected chi connectivity index (χ4v) is 7.30. The molecule has 0 aromatic heterocycles. The minimum absolute atomic E-state index is 0.0132. The second-order valence-corrected chi connectivity index (χ2v) is 13.7. The van der Waals surface area contributed by atoms with E-state index in [1.807, 2.05) is 0 Å². The molecule has 3 aromatic carbocycles. The Morgan fingerprint density at radius 1 is 0.842 bits per heavy atom. The van der Waals surface area contributed by atoms with E-state index in [2.05, 4.69) is 10.0 Å². The lowest BCUT2D eigenvalue weighted by Crippen LogP contribution is -2.41. The van der Waals surface area contributed by atoms with Gasteiger partial charge in [0.25, 0.3) is 10.0 Å². The molecular weight excluding hydrogens is 593 g/mol. The van der Waals surface area contributed by atoms with Gasteiger partial charge in [0, 0.05) is 34.7 Å². The number of amides is 1. The van der Waals surface area contributed by atoms with Crippen molar-refractivity contribution in [2.24, 2.45) is 5.92 Å². The SMILES string of the molecule is O=C(Nc1ccc(S(=O)(=O)Nc2ccc(Cl)cc2Cl)cc1)C1CCN(S(=O)(=O)Cc2ccc(Cl)cc2)CC1. The van der Waals surface area contributed by atoms with E-state index in [1.165, 1.54) is 46.8 Å². The molecule has 1 heterocycles. The van der Waals surface area contributed by atoms with E-state index in [4.69, 9.17) is 34.8 Å². The fraction of sp³-hybridized carbons (Fsp3) is 0.240. The molecule has 0 atom stereocenters. The maximum Gasteiger partial charge on any atom is 0.261 e. The van der Waals surface area contributed by atoms with Crippen LogP contribution in [-0.4, -0.2) is 40.1 Å². The van der Waals surface area contributed by atoms with Crippen LogP contribution in [0.1, 0.15) is 18.4 Å². The van der Waals surface area contributed by atoms with Gasteiger partial charge in [-0.2, -0.15) is 0 Å². The first-order valence-electron chi connectivity index (χ1n) is 11.5. The number of piperidine rings is 1. The Morgan fingerprint density at radius 3 is 2.05 bits per heavy atom. The smallest absolute Gasteiger partial charge is 0.261 e. The van der Waals surface area contributed by atoms with E-state index in [9.17, 15) is 21.6 Å². The normalized spacial score (nSPS) is 15.2. The van der Waals surface area contributed by atoms with Gasteiger partial charge in [-0.3, -0.25) is 9.52 Å². The number of rotatable bonds is 8. The molecule has 1 aliphatic heterocycles. The molecule has 1 aliphatic rings. The lowest BCUT2D eigenvalue weighted by molar-refractivity contribution is -0.120. The summed E-state index contributed by atoms with van der Waals surface area (Å²) in [6.07, 6.45) is 0.758. The molecule has 1 saturated heterocycles. The first-order valence-corrected chi connectivity index (χ1v) is 15.8. The van der Waals surface area contributed by atoms with Crippen LogP contribution in [0.25, 0.3) is 0 Å². The molecular formula is C25H24Cl3N3O5S2. The third kappa shape index (κ3) is 7.19. The van der Waals surface area contributed by atoms with Crippen LogP contribution < -0.4 is 10.0 Å². The number of nitrogens with one attached hydrogen (secondary N) is 2. The van der Waals surface area contributed by atoms with E-state index < -0.39 is 20.0 Å². The van der Waals surface area contributed by atoms with Crippen LogP contribution in [0.5, 0.6) is 0 Å². The van der Waals surface area contributed by atoms with Gasteiger partial charge in [0.1, 0.15) is 0 Å². The van der Waals surface area contributed by atoms with Crippen LogP contribution in [0.15, 0.2) is 71.6 Å². The maximum absolute atomic E-state index is 12.8. The summed E-state index contributed by atoms with van der Waals surface area (Å²) in [6, 6.07) is 16.8. The van der Waals surface area contributed by atoms with Crippen molar-refractivity contribution in [3.63, 3.8) is 0 Å². The van der Waals surface area contributed by atoms with Crippen molar-refractivity contribution in [3.05, 3.63) is 87.4 Å². The number of anilines is 2. The largest absolute Gasteiger partial charge is 0.326 e. The van der Waals surface area contributed by atoms with Gasteiger partial charge in [-0.15, -0.1) is 0 Å². The standard InChI is InChI=1S/C25H24Cl3N3O5S2/c26-19-3-1-17(2-4-19)16-37(33,34)31-13-11-18(12-14-31)25(32)29-21-6-8-22(9-7-21)38(35,36)30-24-10-5-20(27)15-23(24)28/h1-10,15,18,30H,11-14,16H2,(H,29,32). The monoisotopic (exact) mass is 615 g/mol. The van der Waals surface area contributed by atoms with Crippen molar-refractivity contribution in [2.45, 2.75) is 23.5 Å². The Hall–Kier alpha value is -2.34. The highest BCUT2D eigenvalue weighted by Crippen LogP contribution is 2.28. The fourth-order valence-electron chi connectivity index (χ4n) is 4.02. The zero-order valence-electron chi connectivity index (χ0n) is 19.9. The van der Waals surface area contributed by atoms with Crippen molar-refractivity contribution >= 4 is 72.1 Å². The number of nitrogens with zero attached hydrogens (tertiary/aromatic N) is 1. The molecule has 3 aromatic rings. The molecule has 202 valence electrons. The van der Waals surface area contributed by atoms with Crippen LogP contribution in [0, 0.1) is 5.92 Å². The average Bonchev–Trinajstić information content (AvgIpc) is 2.87. The molecule has 0 bridgehead atoms. The van der Waals surface area contributed by atoms with Crippen LogP contribution in [0.2, 0.25) is 15.1 Å². The van der Waals surface area contributed by atoms with Gasteiger partial charge in [-0.1, -0.05) is 46.9 Å². The van der Waals surface area contributed by atoms with Crippen molar-refractivity contribution in [1.82, 2.24) is 4.31 Å². The molecule has 38 heavy (non-hydrogen) atoms. The zero-order valence-corrected chi connectivity index (χ0v) is 23.8. The van der Waals surface area contributed by atoms with Crippen LogP contribution in [0.4, 0.5) is 11.4 Å². The highest BCUT2D eigenvalue weighted by Gasteiger charge is 2.31. The zero-order chi connectivity index (χ0) is 27.5. The molecule has 2 N–H and O–H groups in total. The van der Waals surface area contributed by atoms with Crippen LogP contribution in [0.3, 0.4) is 0 Å². The number of sulfonamides is 2. The third-order valence-corrected chi connectivity index (χ3v) is 10.1. The predicted molar refractivity (Wildman–Crippen MR) is 151 cm³/mol. The van der Waals surface area contributed by atoms with Crippen molar-refractivity contribution in [3.8, 4) is 0 Å². The van der Waals surface area contributed by atoms with Crippen LogP contribution in [-0.2, 0) is 30.6 Å². The molecule has 13 heteroatoms. The summed E-state index contributed by atoms with van der Waals surface area (Å²) in [4.78, 5) is 12.8. The van der Waals surface area contributed by atoms with Crippen LogP contribution >= 0.6 is 34.8 Å². The molecule has 8 nitrogen and oxygen atoms in total. The number of benzene rings is 3. The van der Waals surface area contributed by atoms with Gasteiger partial charge < -0.3 is 5.32 Å². The van der Waals surface area contributed by atoms with E-state index >= 15 is 0 Å². The first-order chi connectivity index (χ1) is 17.9. The average molecular weight is 617 g/mol. The molecule has 0 saturated carbocycles. The molecule has 1 fully saturated rings. The Balaban J connectivity index is 1.32. The summed E-state index contributed by atoms with van der Waals surface area (Å²) in [5.74, 6) is -0.745. The molecule has 4 rings (SSSR count). The molecule has 0 radical (unpaired) electrons. The van der Waals surface area contributed by atoms with Gasteiger partial charge in [-0.25, -0.2) is 21.1 Å². The lowest BCUT2D eigenvalue weighted by atomic mass is 9.97. The maximum atomic E-state index is 12.8. The highest BCUT2D eigenvalue weighted by atomic mass is 35.5. The molecule has 0 aliphatic carbocycles. The second-order valence-electron chi connectivity index (χ2n) is 8.80. The molecule has 1 amide bonds. The Morgan fingerprint density at radius 2 is 1.45 bits per heavy atom. The number of hydrogen-bond donors (Lipinski definition) is 2. The van der Waals surface area contributed by atoms with Gasteiger partial charge in [0.15, 0.2) is 0 Å². The van der Waals surface area contributed by atoms with E-state index in [1.54, 1.807) is 24.3 Å². The number of carbonyl (C=O) groups excluding carboxylic acids is 1. The summed E-state index contributed by atoms with van der Waals surface area (Å²) in [5, 5.41) is 3.86. The number of hydrogen-bond acceptors (Lipinski definition) is 5. The Kier molecular flexibility index (Phi) is 8.91. The van der Waals surface area contributed by atoms with Gasteiger partial charge in [0.05, 0.1) is 21.4 Å². The van der Waals surface area contributed by atoms with Gasteiger partial charge >= 0.3 is 0 Å². The van der Waals surface area contributed by atoms with E-state index in [-0.39, 0.29) is 46.3 Å². The summed E-state index contributed by atoms with van der Waals surface area (Å²) in [5.41, 5.74) is 1.26. The topological polar surface area (TPSA) is 113 Å². The second kappa shape index (κ2) is 11.8. The lowest BCUT2D eigenvalue weighted by Gasteiger charge is -2.30. The summed E-state index contributed by atoms with van der Waals surface area (Å²) < 4.78 is 54.8. The Labute approximate surface area is 237 Å². The highest BCUT2D eigenvalue weighted by molar-refractivity contribution is 7.92.